The van der Waals surface area contributed by atoms with E-state index in [0.717, 1.165) is 88.2 Å². The van der Waals surface area contributed by atoms with Crippen molar-refractivity contribution >= 4 is 75.4 Å². The van der Waals surface area contributed by atoms with E-state index in [2.05, 4.69) is 115 Å². The first kappa shape index (κ1) is 31.9. The fourth-order valence-corrected chi connectivity index (χ4v) is 9.57. The van der Waals surface area contributed by atoms with Gasteiger partial charge in [-0.2, -0.15) is 0 Å². The van der Waals surface area contributed by atoms with Gasteiger partial charge in [-0.05, 0) is 53.1 Å². The molecule has 4 aromatic heterocycles. The first-order valence-corrected chi connectivity index (χ1v) is 19.8. The van der Waals surface area contributed by atoms with E-state index in [1.54, 1.807) is 11.3 Å². The second-order valence-corrected chi connectivity index (χ2v) is 15.3. The SMILES string of the molecule is c1ccc(-c2nc(-c3cccc4c3oc3cccc(-c5ccc(-c6ccccc6)c6c5oc5ccccc56)c34)nc(-c3cccc4sc5ccccc5c34)n2)cc1. The average Bonchev–Trinajstić information content (AvgIpc) is 3.98. The van der Waals surface area contributed by atoms with Crippen LogP contribution in [0.4, 0.5) is 0 Å². The van der Waals surface area contributed by atoms with Crippen LogP contribution in [0.2, 0.25) is 0 Å². The Morgan fingerprint density at radius 1 is 0.316 bits per heavy atom. The van der Waals surface area contributed by atoms with E-state index < -0.39 is 0 Å². The Hall–Kier alpha value is -7.41. The maximum absolute atomic E-state index is 6.84. The molecule has 0 aliphatic carbocycles. The van der Waals surface area contributed by atoms with Gasteiger partial charge >= 0.3 is 0 Å². The Bertz CT molecular complexity index is 3530. The van der Waals surface area contributed by atoms with E-state index in [4.69, 9.17) is 23.8 Å². The highest BCUT2D eigenvalue weighted by molar-refractivity contribution is 7.25. The predicted molar refractivity (Wildman–Crippen MR) is 234 cm³/mol. The Labute approximate surface area is 330 Å². The monoisotopic (exact) mass is 747 g/mol. The molecule has 0 aliphatic heterocycles. The molecule has 0 amide bonds. The summed E-state index contributed by atoms with van der Waals surface area (Å²) in [6.07, 6.45) is 0. The van der Waals surface area contributed by atoms with Crippen LogP contribution in [0.25, 0.3) is 120 Å². The molecule has 5 nitrogen and oxygen atoms in total. The molecule has 0 atom stereocenters. The van der Waals surface area contributed by atoms with Gasteiger partial charge in [-0.25, -0.2) is 15.0 Å². The van der Waals surface area contributed by atoms with Crippen LogP contribution in [0.1, 0.15) is 0 Å². The molecule has 0 spiro atoms. The molecule has 0 radical (unpaired) electrons. The van der Waals surface area contributed by atoms with Crippen LogP contribution in [0.15, 0.2) is 185 Å². The third-order valence-electron chi connectivity index (χ3n) is 11.0. The fourth-order valence-electron chi connectivity index (χ4n) is 8.44. The second-order valence-electron chi connectivity index (χ2n) is 14.2. The quantitative estimate of drug-likeness (QED) is 0.175. The van der Waals surface area contributed by atoms with Crippen molar-refractivity contribution in [1.29, 1.82) is 0 Å². The van der Waals surface area contributed by atoms with E-state index in [1.165, 1.54) is 14.8 Å². The number of furan rings is 2. The molecular weight excluding hydrogens is 719 g/mol. The largest absolute Gasteiger partial charge is 0.455 e. The van der Waals surface area contributed by atoms with Gasteiger partial charge in [0.05, 0.1) is 5.56 Å². The van der Waals surface area contributed by atoms with Gasteiger partial charge in [0.1, 0.15) is 22.3 Å². The number of thiophene rings is 1. The molecule has 266 valence electrons. The van der Waals surface area contributed by atoms with Crippen molar-refractivity contribution in [3.05, 3.63) is 176 Å². The minimum Gasteiger partial charge on any atom is -0.455 e. The van der Waals surface area contributed by atoms with Crippen LogP contribution < -0.4 is 0 Å². The molecule has 6 heteroatoms. The lowest BCUT2D eigenvalue weighted by molar-refractivity contribution is 0.669. The highest BCUT2D eigenvalue weighted by Gasteiger charge is 2.23. The Morgan fingerprint density at radius 2 is 0.895 bits per heavy atom. The molecular formula is C51H29N3O2S. The molecule has 0 N–H and O–H groups in total. The Balaban J connectivity index is 1.10. The molecule has 8 aromatic carbocycles. The van der Waals surface area contributed by atoms with Crippen molar-refractivity contribution in [2.45, 2.75) is 0 Å². The molecule has 0 unspecified atom stereocenters. The minimum atomic E-state index is 0.550. The number of aromatic nitrogens is 3. The summed E-state index contributed by atoms with van der Waals surface area (Å²) >= 11 is 1.78. The molecule has 12 rings (SSSR count). The number of para-hydroxylation sites is 2. The topological polar surface area (TPSA) is 65.0 Å². The second kappa shape index (κ2) is 12.6. The zero-order valence-corrected chi connectivity index (χ0v) is 31.1. The van der Waals surface area contributed by atoms with Crippen LogP contribution in [0, 0.1) is 0 Å². The van der Waals surface area contributed by atoms with E-state index in [0.29, 0.717) is 17.5 Å². The molecule has 12 aromatic rings. The number of hydrogen-bond acceptors (Lipinski definition) is 6. The zero-order chi connectivity index (χ0) is 37.5. The van der Waals surface area contributed by atoms with Crippen LogP contribution in [-0.4, -0.2) is 15.0 Å². The number of hydrogen-bond donors (Lipinski definition) is 0. The average molecular weight is 748 g/mol. The lowest BCUT2D eigenvalue weighted by atomic mass is 9.93. The Kier molecular flexibility index (Phi) is 7.03. The predicted octanol–water partition coefficient (Wildman–Crippen LogP) is 14.4. The summed E-state index contributed by atoms with van der Waals surface area (Å²) < 4.78 is 16.0. The van der Waals surface area contributed by atoms with Crippen molar-refractivity contribution in [1.82, 2.24) is 15.0 Å². The summed E-state index contributed by atoms with van der Waals surface area (Å²) in [7, 11) is 0. The third kappa shape index (κ3) is 4.98. The van der Waals surface area contributed by atoms with Gasteiger partial charge in [0, 0.05) is 58.4 Å². The van der Waals surface area contributed by atoms with E-state index in [9.17, 15) is 0 Å². The summed E-state index contributed by atoms with van der Waals surface area (Å²) in [6, 6.07) is 60.7. The van der Waals surface area contributed by atoms with Crippen LogP contribution in [0.5, 0.6) is 0 Å². The third-order valence-corrected chi connectivity index (χ3v) is 12.1. The summed E-state index contributed by atoms with van der Waals surface area (Å²) in [6.45, 7) is 0. The molecule has 0 fully saturated rings. The van der Waals surface area contributed by atoms with Crippen LogP contribution >= 0.6 is 11.3 Å². The maximum Gasteiger partial charge on any atom is 0.167 e. The number of benzene rings is 8. The van der Waals surface area contributed by atoms with Gasteiger partial charge in [0.2, 0.25) is 0 Å². The highest BCUT2D eigenvalue weighted by Crippen LogP contribution is 2.46. The molecule has 0 saturated carbocycles. The fraction of sp³-hybridized carbons (Fsp3) is 0. The van der Waals surface area contributed by atoms with Gasteiger partial charge in [0.15, 0.2) is 17.5 Å². The highest BCUT2D eigenvalue weighted by atomic mass is 32.1. The van der Waals surface area contributed by atoms with Crippen molar-refractivity contribution < 1.29 is 8.83 Å². The number of fused-ring (bicyclic) bond motifs is 9. The van der Waals surface area contributed by atoms with Gasteiger partial charge in [-0.1, -0.05) is 140 Å². The number of nitrogens with zero attached hydrogens (tertiary/aromatic N) is 3. The van der Waals surface area contributed by atoms with Crippen LogP contribution in [0.3, 0.4) is 0 Å². The molecule has 4 heterocycles. The summed E-state index contributed by atoms with van der Waals surface area (Å²) in [5.41, 5.74) is 10.2. The lowest BCUT2D eigenvalue weighted by Crippen LogP contribution is -2.00. The minimum absolute atomic E-state index is 0.550. The maximum atomic E-state index is 6.84. The van der Waals surface area contributed by atoms with E-state index >= 15 is 0 Å². The van der Waals surface area contributed by atoms with E-state index in [-0.39, 0.29) is 0 Å². The summed E-state index contributed by atoms with van der Waals surface area (Å²) in [5, 5.41) is 6.51. The summed E-state index contributed by atoms with van der Waals surface area (Å²) in [4.78, 5) is 15.5. The zero-order valence-electron chi connectivity index (χ0n) is 30.3. The Morgan fingerprint density at radius 3 is 1.75 bits per heavy atom. The van der Waals surface area contributed by atoms with Gasteiger partial charge in [0.25, 0.3) is 0 Å². The molecule has 0 bridgehead atoms. The first-order valence-electron chi connectivity index (χ1n) is 18.9. The molecule has 0 aliphatic rings. The molecule has 0 saturated heterocycles. The smallest absolute Gasteiger partial charge is 0.167 e. The van der Waals surface area contributed by atoms with Gasteiger partial charge in [-0.15, -0.1) is 11.3 Å². The van der Waals surface area contributed by atoms with Crippen molar-refractivity contribution in [3.8, 4) is 56.4 Å². The van der Waals surface area contributed by atoms with Crippen molar-refractivity contribution in [2.75, 3.05) is 0 Å². The first-order chi connectivity index (χ1) is 28.3. The normalized spacial score (nSPS) is 11.9. The van der Waals surface area contributed by atoms with E-state index in [1.807, 2.05) is 60.7 Å². The van der Waals surface area contributed by atoms with Crippen molar-refractivity contribution in [2.24, 2.45) is 0 Å². The lowest BCUT2D eigenvalue weighted by Gasteiger charge is -2.10. The number of rotatable bonds is 5. The van der Waals surface area contributed by atoms with Gasteiger partial charge < -0.3 is 8.83 Å². The van der Waals surface area contributed by atoms with Crippen molar-refractivity contribution in [3.63, 3.8) is 0 Å². The van der Waals surface area contributed by atoms with Gasteiger partial charge in [-0.3, -0.25) is 0 Å². The molecule has 57 heavy (non-hydrogen) atoms. The standard InChI is InChI=1S/C51H29N3O2S/c1-3-14-30(15-4-1)32-28-29-34(48-46(32)35-18-7-9-24-40(35)55-48)33-20-12-25-41-44(33)37-21-11-23-39(47(37)56-41)51-53-49(31-16-5-2-6-17-31)52-50(54-51)38-22-13-27-43-45(38)36-19-8-10-26-42(36)57-43/h1-29H. The summed E-state index contributed by atoms with van der Waals surface area (Å²) in [5.74, 6) is 1.77. The van der Waals surface area contributed by atoms with Crippen LogP contribution in [-0.2, 0) is 0 Å².